The smallest absolute Gasteiger partial charge is 0.119 e. The van der Waals surface area contributed by atoms with E-state index >= 15 is 0 Å². The Morgan fingerprint density at radius 3 is 1.91 bits per heavy atom. The van der Waals surface area contributed by atoms with Crippen LogP contribution < -0.4 is 9.47 Å². The van der Waals surface area contributed by atoms with Gasteiger partial charge in [-0.3, -0.25) is 4.90 Å². The van der Waals surface area contributed by atoms with Crippen LogP contribution in [0.25, 0.3) is 11.1 Å². The van der Waals surface area contributed by atoms with Gasteiger partial charge >= 0.3 is 0 Å². The number of methoxy groups -OCH3 is 1. The van der Waals surface area contributed by atoms with Crippen molar-refractivity contribution in [1.82, 2.24) is 4.90 Å². The number of phenols is 1. The predicted molar refractivity (Wildman–Crippen MR) is 130 cm³/mol. The van der Waals surface area contributed by atoms with E-state index in [1.807, 2.05) is 36.4 Å². The fraction of sp³-hybridized carbons (Fsp3) is 0.286. The molecule has 4 nitrogen and oxygen atoms in total. The molecule has 0 spiro atoms. The maximum absolute atomic E-state index is 9.77. The number of ether oxygens (including phenoxy) is 2. The molecule has 0 amide bonds. The van der Waals surface area contributed by atoms with Gasteiger partial charge in [-0.25, -0.2) is 0 Å². The SMILES string of the molecule is COc1ccc(/C(C)=C(\c2ccc(O)cc2)c2ccc(OCCN3CCCC3)cc2)cc1. The molecule has 3 aromatic rings. The van der Waals surface area contributed by atoms with Crippen molar-refractivity contribution in [2.75, 3.05) is 33.4 Å². The Morgan fingerprint density at radius 2 is 1.31 bits per heavy atom. The Balaban J connectivity index is 1.59. The highest BCUT2D eigenvalue weighted by atomic mass is 16.5. The number of hydrogen-bond donors (Lipinski definition) is 1. The minimum absolute atomic E-state index is 0.261. The minimum atomic E-state index is 0.261. The Hall–Kier alpha value is -3.24. The number of benzene rings is 3. The van der Waals surface area contributed by atoms with Gasteiger partial charge in [0.2, 0.25) is 0 Å². The molecule has 1 N–H and O–H groups in total. The molecule has 1 aliphatic heterocycles. The summed E-state index contributed by atoms with van der Waals surface area (Å²) in [6.07, 6.45) is 2.60. The summed E-state index contributed by atoms with van der Waals surface area (Å²) in [4.78, 5) is 2.46. The first kappa shape index (κ1) is 22.0. The first-order valence-electron chi connectivity index (χ1n) is 11.2. The third-order valence-electron chi connectivity index (χ3n) is 6.07. The fourth-order valence-corrected chi connectivity index (χ4v) is 4.23. The van der Waals surface area contributed by atoms with Gasteiger partial charge in [0.1, 0.15) is 23.9 Å². The zero-order chi connectivity index (χ0) is 22.3. The van der Waals surface area contributed by atoms with Gasteiger partial charge in [0, 0.05) is 6.54 Å². The molecule has 3 aromatic carbocycles. The average Bonchev–Trinajstić information content (AvgIpc) is 3.35. The van der Waals surface area contributed by atoms with Crippen LogP contribution in [0.2, 0.25) is 0 Å². The third-order valence-corrected chi connectivity index (χ3v) is 6.07. The fourth-order valence-electron chi connectivity index (χ4n) is 4.23. The summed E-state index contributed by atoms with van der Waals surface area (Å²) in [5.41, 5.74) is 5.56. The number of phenolic OH excluding ortho intramolecular Hbond substituents is 1. The topological polar surface area (TPSA) is 41.9 Å². The molecule has 32 heavy (non-hydrogen) atoms. The van der Waals surface area contributed by atoms with Gasteiger partial charge in [-0.1, -0.05) is 36.4 Å². The Morgan fingerprint density at radius 1 is 0.781 bits per heavy atom. The summed E-state index contributed by atoms with van der Waals surface area (Å²) in [5.74, 6) is 1.99. The van der Waals surface area contributed by atoms with Crippen LogP contribution in [-0.2, 0) is 0 Å². The molecule has 0 atom stereocenters. The van der Waals surface area contributed by atoms with Crippen molar-refractivity contribution in [3.63, 3.8) is 0 Å². The van der Waals surface area contributed by atoms with Crippen LogP contribution in [0.15, 0.2) is 72.8 Å². The third kappa shape index (κ3) is 5.32. The highest BCUT2D eigenvalue weighted by Crippen LogP contribution is 2.34. The van der Waals surface area contributed by atoms with Gasteiger partial charge in [-0.05, 0) is 97.1 Å². The lowest BCUT2D eigenvalue weighted by molar-refractivity contribution is 0.238. The molecule has 0 saturated carbocycles. The molecule has 1 aliphatic rings. The van der Waals surface area contributed by atoms with E-state index in [0.717, 1.165) is 45.9 Å². The lowest BCUT2D eigenvalue weighted by Crippen LogP contribution is -2.25. The van der Waals surface area contributed by atoms with Crippen molar-refractivity contribution in [1.29, 1.82) is 0 Å². The average molecular weight is 430 g/mol. The van der Waals surface area contributed by atoms with Crippen molar-refractivity contribution >= 4 is 11.1 Å². The van der Waals surface area contributed by atoms with E-state index in [9.17, 15) is 5.11 Å². The van der Waals surface area contributed by atoms with E-state index < -0.39 is 0 Å². The summed E-state index contributed by atoms with van der Waals surface area (Å²) >= 11 is 0. The largest absolute Gasteiger partial charge is 0.508 e. The summed E-state index contributed by atoms with van der Waals surface area (Å²) in [5, 5.41) is 9.77. The van der Waals surface area contributed by atoms with E-state index in [-0.39, 0.29) is 5.75 Å². The number of likely N-dealkylation sites (tertiary alicyclic amines) is 1. The first-order valence-corrected chi connectivity index (χ1v) is 11.2. The maximum Gasteiger partial charge on any atom is 0.119 e. The van der Waals surface area contributed by atoms with E-state index in [1.54, 1.807) is 19.2 Å². The highest BCUT2D eigenvalue weighted by Gasteiger charge is 2.13. The molecular weight excluding hydrogens is 398 g/mol. The van der Waals surface area contributed by atoms with Crippen LogP contribution in [-0.4, -0.2) is 43.4 Å². The molecule has 0 aliphatic carbocycles. The lowest BCUT2D eigenvalue weighted by atomic mass is 9.90. The molecule has 4 heteroatoms. The van der Waals surface area contributed by atoms with E-state index in [4.69, 9.17) is 9.47 Å². The van der Waals surface area contributed by atoms with Gasteiger partial charge in [-0.2, -0.15) is 0 Å². The molecule has 166 valence electrons. The predicted octanol–water partition coefficient (Wildman–Crippen LogP) is 5.85. The second kappa shape index (κ2) is 10.4. The van der Waals surface area contributed by atoms with E-state index in [1.165, 1.54) is 25.9 Å². The zero-order valence-corrected chi connectivity index (χ0v) is 18.9. The molecule has 1 fully saturated rings. The van der Waals surface area contributed by atoms with Gasteiger partial charge in [0.25, 0.3) is 0 Å². The lowest BCUT2D eigenvalue weighted by Gasteiger charge is -2.17. The molecule has 0 aromatic heterocycles. The van der Waals surface area contributed by atoms with Crippen molar-refractivity contribution in [3.8, 4) is 17.2 Å². The number of nitrogens with zero attached hydrogens (tertiary/aromatic N) is 1. The maximum atomic E-state index is 9.77. The van der Waals surface area contributed by atoms with Gasteiger partial charge in [-0.15, -0.1) is 0 Å². The second-order valence-electron chi connectivity index (χ2n) is 8.20. The quantitative estimate of drug-likeness (QED) is 0.456. The number of aromatic hydroxyl groups is 1. The Bertz CT molecular complexity index is 1030. The summed E-state index contributed by atoms with van der Waals surface area (Å²) in [7, 11) is 1.67. The van der Waals surface area contributed by atoms with E-state index in [0.29, 0.717) is 6.61 Å². The standard InChI is InChI=1S/C28H31NO3/c1-21(22-7-13-26(31-2)14-8-22)28(23-5-11-25(30)12-6-23)24-9-15-27(16-10-24)32-20-19-29-17-3-4-18-29/h5-16,30H,3-4,17-20H2,1-2H3/b28-21+. The summed E-state index contributed by atoms with van der Waals surface area (Å²) in [6.45, 7) is 6.20. The summed E-state index contributed by atoms with van der Waals surface area (Å²) < 4.78 is 11.3. The summed E-state index contributed by atoms with van der Waals surface area (Å²) in [6, 6.07) is 23.8. The van der Waals surface area contributed by atoms with Crippen molar-refractivity contribution in [3.05, 3.63) is 89.5 Å². The second-order valence-corrected chi connectivity index (χ2v) is 8.20. The van der Waals surface area contributed by atoms with Gasteiger partial charge < -0.3 is 14.6 Å². The molecule has 0 bridgehead atoms. The number of rotatable bonds is 8. The monoisotopic (exact) mass is 429 g/mol. The van der Waals surface area contributed by atoms with Crippen LogP contribution >= 0.6 is 0 Å². The molecule has 0 unspecified atom stereocenters. The Kier molecular flexibility index (Phi) is 7.13. The molecule has 1 heterocycles. The van der Waals surface area contributed by atoms with Crippen molar-refractivity contribution < 1.29 is 14.6 Å². The van der Waals surface area contributed by atoms with Gasteiger partial charge in [0.05, 0.1) is 7.11 Å². The molecule has 4 rings (SSSR count). The zero-order valence-electron chi connectivity index (χ0n) is 18.9. The number of hydrogen-bond acceptors (Lipinski definition) is 4. The van der Waals surface area contributed by atoms with E-state index in [2.05, 4.69) is 36.1 Å². The highest BCUT2D eigenvalue weighted by molar-refractivity contribution is 5.98. The van der Waals surface area contributed by atoms with Gasteiger partial charge in [0.15, 0.2) is 0 Å². The van der Waals surface area contributed by atoms with Crippen LogP contribution in [0, 0.1) is 0 Å². The molecule has 1 saturated heterocycles. The normalized spacial score (nSPS) is 14.8. The first-order chi connectivity index (χ1) is 15.6. The van der Waals surface area contributed by atoms with Crippen molar-refractivity contribution in [2.45, 2.75) is 19.8 Å². The van der Waals surface area contributed by atoms with Crippen LogP contribution in [0.3, 0.4) is 0 Å². The molecular formula is C28H31NO3. The Labute approximate surface area is 190 Å². The van der Waals surface area contributed by atoms with Crippen molar-refractivity contribution in [2.24, 2.45) is 0 Å². The number of allylic oxidation sites excluding steroid dienone is 1. The van der Waals surface area contributed by atoms with Crippen LogP contribution in [0.1, 0.15) is 36.5 Å². The van der Waals surface area contributed by atoms with Crippen LogP contribution in [0.4, 0.5) is 0 Å². The molecule has 0 radical (unpaired) electrons. The minimum Gasteiger partial charge on any atom is -0.508 e. The van der Waals surface area contributed by atoms with Crippen LogP contribution in [0.5, 0.6) is 17.2 Å².